The number of para-hydroxylation sites is 1. The zero-order chi connectivity index (χ0) is 18.1. The van der Waals surface area contributed by atoms with Crippen molar-refractivity contribution in [3.63, 3.8) is 0 Å². The zero-order valence-electron chi connectivity index (χ0n) is 15.0. The minimum absolute atomic E-state index is 0.0875. The van der Waals surface area contributed by atoms with Crippen LogP contribution < -0.4 is 10.9 Å². The van der Waals surface area contributed by atoms with Crippen LogP contribution in [0, 0.1) is 6.92 Å². The van der Waals surface area contributed by atoms with Crippen LogP contribution >= 0.6 is 0 Å². The Morgan fingerprint density at radius 1 is 1.20 bits per heavy atom. The van der Waals surface area contributed by atoms with Crippen molar-refractivity contribution in [3.8, 4) is 0 Å². The van der Waals surface area contributed by atoms with E-state index in [0.717, 1.165) is 16.6 Å². The summed E-state index contributed by atoms with van der Waals surface area (Å²) in [4.78, 5) is 25.0. The Kier molecular flexibility index (Phi) is 4.49. The number of rotatable bonds is 4. The second-order valence-corrected chi connectivity index (χ2v) is 6.59. The Morgan fingerprint density at radius 3 is 2.60 bits per heavy atom. The highest BCUT2D eigenvalue weighted by atomic mass is 16.2. The maximum Gasteiger partial charge on any atom is 0.255 e. The molecule has 130 valence electrons. The van der Waals surface area contributed by atoms with Gasteiger partial charge in [0, 0.05) is 37.1 Å². The van der Waals surface area contributed by atoms with E-state index in [2.05, 4.69) is 23.7 Å². The maximum absolute atomic E-state index is 12.5. The van der Waals surface area contributed by atoms with E-state index in [1.165, 1.54) is 0 Å². The van der Waals surface area contributed by atoms with Gasteiger partial charge in [-0.3, -0.25) is 9.59 Å². The molecule has 0 aliphatic rings. The number of amides is 1. The smallest absolute Gasteiger partial charge is 0.255 e. The number of nitrogens with zero attached hydrogens (tertiary/aromatic N) is 2. The van der Waals surface area contributed by atoms with Gasteiger partial charge < -0.3 is 14.5 Å². The van der Waals surface area contributed by atoms with E-state index in [9.17, 15) is 9.59 Å². The van der Waals surface area contributed by atoms with Crippen molar-refractivity contribution in [2.24, 2.45) is 7.05 Å². The largest absolute Gasteiger partial charge is 0.348 e. The van der Waals surface area contributed by atoms with E-state index in [1.54, 1.807) is 11.6 Å². The van der Waals surface area contributed by atoms with Crippen LogP contribution in [0.2, 0.25) is 0 Å². The molecule has 2 aromatic heterocycles. The van der Waals surface area contributed by atoms with Crippen LogP contribution in [0.5, 0.6) is 0 Å². The summed E-state index contributed by atoms with van der Waals surface area (Å²) in [6.45, 7) is 6.30. The third kappa shape index (κ3) is 3.09. The molecule has 0 unspecified atom stereocenters. The number of hydrogen-bond donors (Lipinski definition) is 1. The normalized spacial score (nSPS) is 11.2. The van der Waals surface area contributed by atoms with Crippen LogP contribution in [0.15, 0.2) is 47.4 Å². The van der Waals surface area contributed by atoms with Gasteiger partial charge in [-0.25, -0.2) is 0 Å². The maximum atomic E-state index is 12.5. The average molecular weight is 337 g/mol. The predicted molar refractivity (Wildman–Crippen MR) is 99.9 cm³/mol. The topological polar surface area (TPSA) is 56.0 Å². The highest BCUT2D eigenvalue weighted by Crippen LogP contribution is 2.16. The quantitative estimate of drug-likeness (QED) is 0.795. The fourth-order valence-electron chi connectivity index (χ4n) is 3.21. The lowest BCUT2D eigenvalue weighted by Gasteiger charge is -2.12. The first-order chi connectivity index (χ1) is 11.9. The minimum Gasteiger partial charge on any atom is -0.348 e. The molecule has 0 saturated carbocycles. The molecule has 0 spiro atoms. The van der Waals surface area contributed by atoms with Gasteiger partial charge in [0.25, 0.3) is 11.5 Å². The lowest BCUT2D eigenvalue weighted by atomic mass is 10.1. The van der Waals surface area contributed by atoms with Gasteiger partial charge in [-0.2, -0.15) is 0 Å². The number of carbonyl (C=O) groups is 1. The number of fused-ring (bicyclic) bond motifs is 1. The SMILES string of the molecule is Cc1c(C(=O)NCc2cc3ccccc3n(C)c2=O)ccn1C(C)C. The van der Waals surface area contributed by atoms with Gasteiger partial charge in [-0.05, 0) is 44.4 Å². The van der Waals surface area contributed by atoms with Crippen molar-refractivity contribution < 1.29 is 4.79 Å². The summed E-state index contributed by atoms with van der Waals surface area (Å²) in [5, 5.41) is 3.86. The second-order valence-electron chi connectivity index (χ2n) is 6.59. The minimum atomic E-state index is -0.160. The number of nitrogens with one attached hydrogen (secondary N) is 1. The van der Waals surface area contributed by atoms with Crippen LogP contribution in [-0.4, -0.2) is 15.0 Å². The number of aromatic nitrogens is 2. The molecule has 3 rings (SSSR count). The number of aryl methyl sites for hydroxylation is 1. The summed E-state index contributed by atoms with van der Waals surface area (Å²) >= 11 is 0. The molecule has 0 fully saturated rings. The summed E-state index contributed by atoms with van der Waals surface area (Å²) in [6.07, 6.45) is 1.92. The zero-order valence-corrected chi connectivity index (χ0v) is 15.0. The lowest BCUT2D eigenvalue weighted by Crippen LogP contribution is -2.29. The van der Waals surface area contributed by atoms with E-state index < -0.39 is 0 Å². The molecule has 0 radical (unpaired) electrons. The predicted octanol–water partition coefficient (Wildman–Crippen LogP) is 3.16. The van der Waals surface area contributed by atoms with E-state index in [0.29, 0.717) is 17.2 Å². The summed E-state index contributed by atoms with van der Waals surface area (Å²) in [5.74, 6) is -0.160. The molecule has 0 bridgehead atoms. The highest BCUT2D eigenvalue weighted by Gasteiger charge is 2.15. The van der Waals surface area contributed by atoms with Crippen LogP contribution in [0.25, 0.3) is 10.9 Å². The molecular weight excluding hydrogens is 314 g/mol. The van der Waals surface area contributed by atoms with E-state index in [1.807, 2.05) is 49.5 Å². The van der Waals surface area contributed by atoms with Gasteiger partial charge >= 0.3 is 0 Å². The molecule has 0 aliphatic heterocycles. The first-order valence-electron chi connectivity index (χ1n) is 8.43. The van der Waals surface area contributed by atoms with Crippen LogP contribution in [0.1, 0.15) is 41.5 Å². The van der Waals surface area contributed by atoms with E-state index in [4.69, 9.17) is 0 Å². The summed E-state index contributed by atoms with van der Waals surface area (Å²) in [7, 11) is 1.75. The van der Waals surface area contributed by atoms with Gasteiger partial charge in [0.05, 0.1) is 11.1 Å². The van der Waals surface area contributed by atoms with Gasteiger partial charge in [-0.15, -0.1) is 0 Å². The lowest BCUT2D eigenvalue weighted by molar-refractivity contribution is 0.0950. The first kappa shape index (κ1) is 17.0. The third-order valence-corrected chi connectivity index (χ3v) is 4.63. The van der Waals surface area contributed by atoms with Gasteiger partial charge in [0.15, 0.2) is 0 Å². The van der Waals surface area contributed by atoms with Crippen molar-refractivity contribution in [1.29, 1.82) is 0 Å². The van der Waals surface area contributed by atoms with Gasteiger partial charge in [0.2, 0.25) is 0 Å². The number of hydrogen-bond acceptors (Lipinski definition) is 2. The molecule has 0 saturated heterocycles. The molecule has 5 nitrogen and oxygen atoms in total. The molecule has 3 aromatic rings. The molecule has 0 atom stereocenters. The van der Waals surface area contributed by atoms with Crippen LogP contribution in [-0.2, 0) is 13.6 Å². The molecule has 5 heteroatoms. The van der Waals surface area contributed by atoms with Gasteiger partial charge in [0.1, 0.15) is 0 Å². The van der Waals surface area contributed by atoms with Crippen molar-refractivity contribution in [3.05, 3.63) is 69.8 Å². The summed E-state index contributed by atoms with van der Waals surface area (Å²) < 4.78 is 3.68. The molecule has 1 aromatic carbocycles. The molecule has 25 heavy (non-hydrogen) atoms. The standard InChI is InChI=1S/C20H23N3O2/c1-13(2)23-10-9-17(14(23)3)19(24)21-12-16-11-15-7-5-6-8-18(15)22(4)20(16)25/h5-11,13H,12H2,1-4H3,(H,21,24). The Bertz CT molecular complexity index is 996. The van der Waals surface area contributed by atoms with Crippen molar-refractivity contribution in [2.75, 3.05) is 0 Å². The number of benzene rings is 1. The third-order valence-electron chi connectivity index (χ3n) is 4.63. The summed E-state index contributed by atoms with van der Waals surface area (Å²) in [6, 6.07) is 11.7. The first-order valence-corrected chi connectivity index (χ1v) is 8.43. The summed E-state index contributed by atoms with van der Waals surface area (Å²) in [5.41, 5.74) is 2.95. The van der Waals surface area contributed by atoms with Crippen LogP contribution in [0.4, 0.5) is 0 Å². The van der Waals surface area contributed by atoms with Crippen LogP contribution in [0.3, 0.4) is 0 Å². The Hall–Kier alpha value is -2.82. The monoisotopic (exact) mass is 337 g/mol. The Balaban J connectivity index is 1.84. The Labute approximate surface area is 146 Å². The molecule has 1 amide bonds. The molecule has 2 heterocycles. The van der Waals surface area contributed by atoms with Crippen molar-refractivity contribution in [2.45, 2.75) is 33.4 Å². The highest BCUT2D eigenvalue weighted by molar-refractivity contribution is 5.95. The Morgan fingerprint density at radius 2 is 1.92 bits per heavy atom. The second kappa shape index (κ2) is 6.59. The molecular formula is C20H23N3O2. The fraction of sp³-hybridized carbons (Fsp3) is 0.300. The average Bonchev–Trinajstić information content (AvgIpc) is 2.98. The molecule has 1 N–H and O–H groups in total. The van der Waals surface area contributed by atoms with Crippen molar-refractivity contribution >= 4 is 16.8 Å². The van der Waals surface area contributed by atoms with E-state index >= 15 is 0 Å². The number of carbonyl (C=O) groups excluding carboxylic acids is 1. The number of pyridine rings is 1. The van der Waals surface area contributed by atoms with E-state index in [-0.39, 0.29) is 18.0 Å². The molecule has 0 aliphatic carbocycles. The van der Waals surface area contributed by atoms with Gasteiger partial charge in [-0.1, -0.05) is 18.2 Å². The van der Waals surface area contributed by atoms with Crippen molar-refractivity contribution in [1.82, 2.24) is 14.5 Å². The fourth-order valence-corrected chi connectivity index (χ4v) is 3.21.